The molecule has 12 nitrogen and oxygen atoms in total. The largest absolute Gasteiger partial charge is 0.508 e. The molecule has 1 unspecified atom stereocenters. The first-order valence-electron chi connectivity index (χ1n) is 19.2. The highest BCUT2D eigenvalue weighted by Crippen LogP contribution is 2.36. The van der Waals surface area contributed by atoms with Gasteiger partial charge in [0.25, 0.3) is 11.8 Å². The summed E-state index contributed by atoms with van der Waals surface area (Å²) in [7, 11) is 0. The lowest BCUT2D eigenvalue weighted by Crippen LogP contribution is -2.54. The zero-order valence-corrected chi connectivity index (χ0v) is 32.2. The number of allylic oxidation sites excluding steroid dienone is 1. The van der Waals surface area contributed by atoms with Crippen LogP contribution < -0.4 is 15.4 Å². The van der Waals surface area contributed by atoms with Gasteiger partial charge in [-0.15, -0.1) is 11.6 Å². The molecule has 0 aliphatic carbocycles. The van der Waals surface area contributed by atoms with Crippen LogP contribution in [-0.4, -0.2) is 107 Å². The van der Waals surface area contributed by atoms with Gasteiger partial charge in [-0.05, 0) is 77.1 Å². The van der Waals surface area contributed by atoms with E-state index in [2.05, 4.69) is 27.7 Å². The summed E-state index contributed by atoms with van der Waals surface area (Å²) >= 11 is 6.30. The van der Waals surface area contributed by atoms with Gasteiger partial charge in [0.15, 0.2) is 0 Å². The molecule has 3 aliphatic rings. The summed E-state index contributed by atoms with van der Waals surface area (Å²) in [6.07, 6.45) is 0.996. The van der Waals surface area contributed by atoms with Crippen molar-refractivity contribution in [2.24, 2.45) is 0 Å². The number of benzene rings is 4. The second-order valence-electron chi connectivity index (χ2n) is 14.2. The van der Waals surface area contributed by atoms with E-state index in [9.17, 15) is 29.1 Å². The Morgan fingerprint density at radius 2 is 1.51 bits per heavy atom. The van der Waals surface area contributed by atoms with Gasteiger partial charge in [0.2, 0.25) is 17.7 Å². The predicted octanol–water partition coefficient (Wildman–Crippen LogP) is 5.41. The smallest absolute Gasteiger partial charge is 0.264 e. The van der Waals surface area contributed by atoms with Crippen molar-refractivity contribution in [3.8, 4) is 11.5 Å². The van der Waals surface area contributed by atoms with Crippen LogP contribution in [0.4, 0.5) is 5.69 Å². The number of carbonyl (C=O) groups excluding carboxylic acids is 5. The molecule has 7 rings (SSSR count). The van der Waals surface area contributed by atoms with Crippen LogP contribution in [0.3, 0.4) is 0 Å². The Balaban J connectivity index is 0.886. The number of hydrogen-bond donors (Lipinski definition) is 3. The summed E-state index contributed by atoms with van der Waals surface area (Å²) in [4.78, 5) is 68.7. The maximum absolute atomic E-state index is 13.4. The van der Waals surface area contributed by atoms with Crippen molar-refractivity contribution in [2.45, 2.75) is 31.7 Å². The summed E-state index contributed by atoms with van der Waals surface area (Å²) in [5.41, 5.74) is 6.02. The maximum Gasteiger partial charge on any atom is 0.264 e. The Bertz CT molecular complexity index is 2170. The minimum atomic E-state index is -1.04. The van der Waals surface area contributed by atoms with Crippen LogP contribution in [0.2, 0.25) is 0 Å². The fourth-order valence-electron chi connectivity index (χ4n) is 7.65. The average Bonchev–Trinajstić information content (AvgIpc) is 3.48. The van der Waals surface area contributed by atoms with Crippen LogP contribution in [0.25, 0.3) is 11.1 Å². The second kappa shape index (κ2) is 17.9. The van der Waals surface area contributed by atoms with Crippen molar-refractivity contribution in [2.75, 3.05) is 57.1 Å². The zero-order chi connectivity index (χ0) is 39.9. The van der Waals surface area contributed by atoms with Crippen LogP contribution in [0.1, 0.15) is 63.1 Å². The van der Waals surface area contributed by atoms with Crippen molar-refractivity contribution < 1.29 is 33.8 Å². The normalized spacial score (nSPS) is 17.6. The van der Waals surface area contributed by atoms with E-state index in [1.807, 2.05) is 59.5 Å². The lowest BCUT2D eigenvalue weighted by molar-refractivity contribution is -0.136. The lowest BCUT2D eigenvalue weighted by atomic mass is 9.88. The van der Waals surface area contributed by atoms with Crippen molar-refractivity contribution in [1.82, 2.24) is 20.0 Å². The van der Waals surface area contributed by atoms with Crippen molar-refractivity contribution in [3.05, 3.63) is 125 Å². The maximum atomic E-state index is 13.4. The Hall–Kier alpha value is -5.98. The Labute approximate surface area is 336 Å². The number of piperidine rings is 1. The SMILES string of the molecule is O=C1CCC(N2C(=O)c3cccc(NCCC(=O)N4CCN(CCOc5ccc(C(=C(CCCl)c6ccccc6)c6ccc(O)cc6)cc5)CC4)c3C2=O)C(=O)N1. The molecule has 4 aromatic carbocycles. The number of alkyl halides is 1. The molecular weight excluding hydrogens is 746 g/mol. The van der Waals surface area contributed by atoms with Crippen molar-refractivity contribution in [1.29, 1.82) is 0 Å². The minimum absolute atomic E-state index is 0.0131. The molecule has 0 radical (unpaired) electrons. The number of carbonyl (C=O) groups is 5. The van der Waals surface area contributed by atoms with Crippen molar-refractivity contribution in [3.63, 3.8) is 0 Å². The van der Waals surface area contributed by atoms with Crippen LogP contribution >= 0.6 is 11.6 Å². The summed E-state index contributed by atoms with van der Waals surface area (Å²) in [5, 5.41) is 15.3. The van der Waals surface area contributed by atoms with E-state index >= 15 is 0 Å². The fraction of sp³-hybridized carbons (Fsp3) is 0.295. The van der Waals surface area contributed by atoms with E-state index in [0.29, 0.717) is 57.3 Å². The number of rotatable bonds is 14. The number of phenols is 1. The molecule has 3 heterocycles. The van der Waals surface area contributed by atoms with Gasteiger partial charge in [-0.25, -0.2) is 0 Å². The summed E-state index contributed by atoms with van der Waals surface area (Å²) in [6.45, 7) is 4.05. The highest BCUT2D eigenvalue weighted by molar-refractivity contribution is 6.25. The van der Waals surface area contributed by atoms with Gasteiger partial charge in [0.05, 0.1) is 11.1 Å². The molecule has 0 aromatic heterocycles. The molecule has 3 aliphatic heterocycles. The summed E-state index contributed by atoms with van der Waals surface area (Å²) in [6, 6.07) is 29.3. The fourth-order valence-corrected chi connectivity index (χ4v) is 7.84. The number of amides is 5. The highest BCUT2D eigenvalue weighted by atomic mass is 35.5. The minimum Gasteiger partial charge on any atom is -0.508 e. The average molecular weight is 790 g/mol. The molecule has 1 atom stereocenters. The van der Waals surface area contributed by atoms with Crippen LogP contribution in [0.15, 0.2) is 97.1 Å². The summed E-state index contributed by atoms with van der Waals surface area (Å²) in [5.74, 6) is -0.851. The molecule has 2 fully saturated rings. The number of hydrogen-bond acceptors (Lipinski definition) is 9. The monoisotopic (exact) mass is 789 g/mol. The van der Waals surface area contributed by atoms with Crippen LogP contribution in [0, 0.1) is 0 Å². The van der Waals surface area contributed by atoms with E-state index < -0.39 is 29.7 Å². The number of nitrogens with zero attached hydrogens (tertiary/aromatic N) is 3. The van der Waals surface area contributed by atoms with Gasteiger partial charge in [-0.1, -0.05) is 60.7 Å². The molecule has 5 amide bonds. The molecule has 0 saturated carbocycles. The molecule has 294 valence electrons. The number of fused-ring (bicyclic) bond motifs is 1. The van der Waals surface area contributed by atoms with Gasteiger partial charge >= 0.3 is 0 Å². The molecule has 2 saturated heterocycles. The number of aromatic hydroxyl groups is 1. The Morgan fingerprint density at radius 3 is 2.19 bits per heavy atom. The Morgan fingerprint density at radius 1 is 0.807 bits per heavy atom. The van der Waals surface area contributed by atoms with E-state index in [0.717, 1.165) is 38.5 Å². The predicted molar refractivity (Wildman–Crippen MR) is 217 cm³/mol. The first-order chi connectivity index (χ1) is 27.7. The molecule has 0 bridgehead atoms. The van der Waals surface area contributed by atoms with E-state index in [1.54, 1.807) is 30.3 Å². The van der Waals surface area contributed by atoms with E-state index in [-0.39, 0.29) is 48.6 Å². The zero-order valence-electron chi connectivity index (χ0n) is 31.4. The molecule has 13 heteroatoms. The molecule has 3 N–H and O–H groups in total. The number of imide groups is 2. The van der Waals surface area contributed by atoms with Gasteiger partial charge < -0.3 is 20.1 Å². The summed E-state index contributed by atoms with van der Waals surface area (Å²) < 4.78 is 6.14. The van der Waals surface area contributed by atoms with Gasteiger partial charge in [0, 0.05) is 63.7 Å². The number of halogens is 1. The number of anilines is 1. The van der Waals surface area contributed by atoms with E-state index in [4.69, 9.17) is 16.3 Å². The van der Waals surface area contributed by atoms with E-state index in [1.165, 1.54) is 0 Å². The van der Waals surface area contributed by atoms with Gasteiger partial charge in [-0.2, -0.15) is 0 Å². The first-order valence-corrected chi connectivity index (χ1v) is 19.7. The van der Waals surface area contributed by atoms with Gasteiger partial charge in [0.1, 0.15) is 24.1 Å². The number of piperazine rings is 1. The second-order valence-corrected chi connectivity index (χ2v) is 14.5. The first kappa shape index (κ1) is 39.3. The standard InChI is InChI=1S/C44H44ClN5O7/c45-21-19-34(29-5-2-1-3-6-29)40(30-9-13-32(51)14-10-30)31-11-15-33(16-12-31)57-28-27-48-23-25-49(26-24-48)39(53)20-22-46-36-8-4-7-35-41(36)44(56)50(43(35)55)37-17-18-38(52)47-42(37)54/h1-16,37,46,51H,17-28H2,(H,47,52,54). The molecular formula is C44H44ClN5O7. The lowest BCUT2D eigenvalue weighted by Gasteiger charge is -2.34. The highest BCUT2D eigenvalue weighted by Gasteiger charge is 2.45. The molecule has 4 aromatic rings. The Kier molecular flexibility index (Phi) is 12.3. The molecule has 0 spiro atoms. The third-order valence-corrected chi connectivity index (χ3v) is 10.8. The number of ether oxygens (including phenoxy) is 1. The number of nitrogens with one attached hydrogen (secondary N) is 2. The third-order valence-electron chi connectivity index (χ3n) is 10.6. The van der Waals surface area contributed by atoms with Crippen LogP contribution in [-0.2, 0) is 14.4 Å². The van der Waals surface area contributed by atoms with Gasteiger partial charge in [-0.3, -0.25) is 39.1 Å². The number of phenolic OH excluding ortho intramolecular Hbond substituents is 1. The molecule has 57 heavy (non-hydrogen) atoms. The van der Waals surface area contributed by atoms with Crippen molar-refractivity contribution >= 4 is 58.0 Å². The topological polar surface area (TPSA) is 149 Å². The quantitative estimate of drug-likeness (QED) is 0.0867. The van der Waals surface area contributed by atoms with Crippen LogP contribution in [0.5, 0.6) is 11.5 Å². The third kappa shape index (κ3) is 8.87.